The third kappa shape index (κ3) is 3.25. The number of nitrogens with one attached hydrogen (secondary N) is 1. The highest BCUT2D eigenvalue weighted by molar-refractivity contribution is 5.54. The van der Waals surface area contributed by atoms with E-state index in [-0.39, 0.29) is 17.5 Å². The monoisotopic (exact) mass is 295 g/mol. The highest BCUT2D eigenvalue weighted by Crippen LogP contribution is 2.24. The minimum atomic E-state index is -0.723. The zero-order valence-electron chi connectivity index (χ0n) is 11.3. The van der Waals surface area contributed by atoms with Crippen molar-refractivity contribution in [1.82, 2.24) is 15.5 Å². The summed E-state index contributed by atoms with van der Waals surface area (Å²) in [6, 6.07) is 3.83. The molecule has 21 heavy (non-hydrogen) atoms. The Bertz CT molecular complexity index is 592. The van der Waals surface area contributed by atoms with Crippen LogP contribution in [0.1, 0.15) is 18.7 Å². The van der Waals surface area contributed by atoms with Gasteiger partial charge in [-0.1, -0.05) is 11.2 Å². The Morgan fingerprint density at radius 1 is 1.29 bits per heavy atom. The minimum absolute atomic E-state index is 0.151. The average molecular weight is 295 g/mol. The van der Waals surface area contributed by atoms with Crippen LogP contribution in [0.3, 0.4) is 0 Å². The molecule has 1 atom stereocenters. The standard InChI is InChI=1S/C14H15F2N3O2/c15-10-4-1-5-11(16)13(10)14-18-12(19-21-14)7-17-9-3-2-6-20-8-9/h1,4-5,9,17H,2-3,6-8H2. The van der Waals surface area contributed by atoms with Crippen LogP contribution in [0.25, 0.3) is 11.5 Å². The summed E-state index contributed by atoms with van der Waals surface area (Å²) in [4.78, 5) is 4.03. The van der Waals surface area contributed by atoms with Gasteiger partial charge in [0.05, 0.1) is 13.2 Å². The van der Waals surface area contributed by atoms with Crippen molar-refractivity contribution in [2.24, 2.45) is 0 Å². The second kappa shape index (κ2) is 6.28. The lowest BCUT2D eigenvalue weighted by atomic mass is 10.1. The van der Waals surface area contributed by atoms with Crippen LogP contribution in [-0.2, 0) is 11.3 Å². The Balaban J connectivity index is 1.68. The molecular weight excluding hydrogens is 280 g/mol. The Morgan fingerprint density at radius 2 is 2.10 bits per heavy atom. The van der Waals surface area contributed by atoms with Gasteiger partial charge in [0.2, 0.25) is 0 Å². The zero-order valence-corrected chi connectivity index (χ0v) is 11.3. The number of hydrogen-bond acceptors (Lipinski definition) is 5. The summed E-state index contributed by atoms with van der Waals surface area (Å²) in [6.07, 6.45) is 2.03. The molecule has 0 amide bonds. The Morgan fingerprint density at radius 3 is 2.81 bits per heavy atom. The quantitative estimate of drug-likeness (QED) is 0.937. The summed E-state index contributed by atoms with van der Waals surface area (Å²) in [5.74, 6) is -1.24. The van der Waals surface area contributed by atoms with Gasteiger partial charge in [0, 0.05) is 12.6 Å². The maximum Gasteiger partial charge on any atom is 0.263 e. The minimum Gasteiger partial charge on any atom is -0.380 e. The summed E-state index contributed by atoms with van der Waals surface area (Å²) in [6.45, 7) is 1.80. The number of benzene rings is 1. The van der Waals surface area contributed by atoms with Gasteiger partial charge >= 0.3 is 0 Å². The lowest BCUT2D eigenvalue weighted by molar-refractivity contribution is 0.0696. The summed E-state index contributed by atoms with van der Waals surface area (Å²) >= 11 is 0. The number of hydrogen-bond donors (Lipinski definition) is 1. The molecule has 1 unspecified atom stereocenters. The van der Waals surface area contributed by atoms with Gasteiger partial charge in [0.1, 0.15) is 17.2 Å². The van der Waals surface area contributed by atoms with Crippen molar-refractivity contribution >= 4 is 0 Å². The third-order valence-corrected chi connectivity index (χ3v) is 3.35. The molecule has 1 fully saturated rings. The first-order chi connectivity index (χ1) is 10.2. The van der Waals surface area contributed by atoms with Crippen LogP contribution in [-0.4, -0.2) is 29.4 Å². The van der Waals surface area contributed by atoms with Gasteiger partial charge in [0.15, 0.2) is 5.82 Å². The van der Waals surface area contributed by atoms with E-state index in [0.717, 1.165) is 31.6 Å². The van der Waals surface area contributed by atoms with Crippen molar-refractivity contribution in [3.05, 3.63) is 35.7 Å². The maximum atomic E-state index is 13.6. The molecule has 3 rings (SSSR count). The summed E-state index contributed by atoms with van der Waals surface area (Å²) in [7, 11) is 0. The Kier molecular flexibility index (Phi) is 4.21. The molecule has 2 aromatic rings. The first-order valence-corrected chi connectivity index (χ1v) is 6.82. The van der Waals surface area contributed by atoms with Crippen LogP contribution in [0.4, 0.5) is 8.78 Å². The van der Waals surface area contributed by atoms with Crippen LogP contribution in [0.5, 0.6) is 0 Å². The largest absolute Gasteiger partial charge is 0.380 e. The third-order valence-electron chi connectivity index (χ3n) is 3.35. The van der Waals surface area contributed by atoms with E-state index in [1.165, 1.54) is 6.07 Å². The first kappa shape index (κ1) is 14.1. The van der Waals surface area contributed by atoms with Crippen molar-refractivity contribution in [3.8, 4) is 11.5 Å². The van der Waals surface area contributed by atoms with Crippen LogP contribution < -0.4 is 5.32 Å². The molecule has 0 aliphatic carbocycles. The molecule has 2 heterocycles. The smallest absolute Gasteiger partial charge is 0.263 e. The Hall–Kier alpha value is -1.86. The fourth-order valence-electron chi connectivity index (χ4n) is 2.27. The molecule has 0 saturated carbocycles. The second-order valence-electron chi connectivity index (χ2n) is 4.91. The Labute approximate surface area is 120 Å². The molecule has 0 spiro atoms. The van der Waals surface area contributed by atoms with Crippen LogP contribution in [0.2, 0.25) is 0 Å². The topological polar surface area (TPSA) is 60.2 Å². The predicted octanol–water partition coefficient (Wildman–Crippen LogP) is 2.28. The van der Waals surface area contributed by atoms with E-state index < -0.39 is 11.6 Å². The van der Waals surface area contributed by atoms with Crippen molar-refractivity contribution < 1.29 is 18.0 Å². The molecule has 1 aliphatic heterocycles. The lowest BCUT2D eigenvalue weighted by Crippen LogP contribution is -2.36. The fourth-order valence-corrected chi connectivity index (χ4v) is 2.27. The second-order valence-corrected chi connectivity index (χ2v) is 4.91. The van der Waals surface area contributed by atoms with E-state index in [9.17, 15) is 8.78 Å². The number of ether oxygens (including phenoxy) is 1. The number of halogens is 2. The van der Waals surface area contributed by atoms with Crippen molar-refractivity contribution in [1.29, 1.82) is 0 Å². The van der Waals surface area contributed by atoms with Gasteiger partial charge in [-0.15, -0.1) is 0 Å². The van der Waals surface area contributed by atoms with E-state index >= 15 is 0 Å². The number of aromatic nitrogens is 2. The zero-order chi connectivity index (χ0) is 14.7. The van der Waals surface area contributed by atoms with Crippen molar-refractivity contribution in [2.75, 3.05) is 13.2 Å². The first-order valence-electron chi connectivity index (χ1n) is 6.82. The normalized spacial score (nSPS) is 18.9. The average Bonchev–Trinajstić information content (AvgIpc) is 2.95. The molecule has 1 aliphatic rings. The molecule has 1 N–H and O–H groups in total. The van der Waals surface area contributed by atoms with E-state index in [2.05, 4.69) is 15.5 Å². The van der Waals surface area contributed by atoms with Crippen molar-refractivity contribution in [3.63, 3.8) is 0 Å². The number of rotatable bonds is 4. The summed E-state index contributed by atoms with van der Waals surface area (Å²) in [5, 5.41) is 6.97. The van der Waals surface area contributed by atoms with Gasteiger partial charge in [-0.2, -0.15) is 4.98 Å². The van der Waals surface area contributed by atoms with Crippen LogP contribution in [0, 0.1) is 11.6 Å². The van der Waals surface area contributed by atoms with E-state index in [4.69, 9.17) is 9.26 Å². The van der Waals surface area contributed by atoms with E-state index in [1.807, 2.05) is 0 Å². The summed E-state index contributed by atoms with van der Waals surface area (Å²) in [5.41, 5.74) is -0.294. The molecule has 0 radical (unpaired) electrons. The molecular formula is C14H15F2N3O2. The van der Waals surface area contributed by atoms with Crippen molar-refractivity contribution in [2.45, 2.75) is 25.4 Å². The van der Waals surface area contributed by atoms with Gasteiger partial charge < -0.3 is 14.6 Å². The van der Waals surface area contributed by atoms with Gasteiger partial charge in [-0.25, -0.2) is 8.78 Å². The molecule has 112 valence electrons. The highest BCUT2D eigenvalue weighted by Gasteiger charge is 2.19. The van der Waals surface area contributed by atoms with Crippen LogP contribution in [0.15, 0.2) is 22.7 Å². The molecule has 7 heteroatoms. The predicted molar refractivity (Wildman–Crippen MR) is 70.3 cm³/mol. The molecule has 5 nitrogen and oxygen atoms in total. The molecule has 1 aromatic carbocycles. The van der Waals surface area contributed by atoms with Gasteiger partial charge in [0.25, 0.3) is 5.89 Å². The molecule has 0 bridgehead atoms. The molecule has 1 aromatic heterocycles. The fraction of sp³-hybridized carbons (Fsp3) is 0.429. The highest BCUT2D eigenvalue weighted by atomic mass is 19.1. The molecule has 1 saturated heterocycles. The van der Waals surface area contributed by atoms with Gasteiger partial charge in [-0.05, 0) is 25.0 Å². The van der Waals surface area contributed by atoms with Crippen LogP contribution >= 0.6 is 0 Å². The van der Waals surface area contributed by atoms with Gasteiger partial charge in [-0.3, -0.25) is 0 Å². The maximum absolute atomic E-state index is 13.6. The number of nitrogens with zero attached hydrogens (tertiary/aromatic N) is 2. The summed E-state index contributed by atoms with van der Waals surface area (Å²) < 4.78 is 37.5. The van der Waals surface area contributed by atoms with E-state index in [1.54, 1.807) is 0 Å². The van der Waals surface area contributed by atoms with E-state index in [0.29, 0.717) is 19.0 Å². The SMILES string of the molecule is Fc1cccc(F)c1-c1nc(CNC2CCCOC2)no1. The lowest BCUT2D eigenvalue weighted by Gasteiger charge is -2.22.